The van der Waals surface area contributed by atoms with E-state index in [0.717, 1.165) is 39.9 Å². The van der Waals surface area contributed by atoms with Crippen LogP contribution in [0.1, 0.15) is 44.9 Å². The molecule has 2 aromatic heterocycles. The molecule has 1 aliphatic carbocycles. The SMILES string of the molecule is COc1ccccc1NC(=O)c1c(C)nc2sc3c(c2c1-c1cccc(C)c1)CCCC3. The molecule has 1 N–H and O–H groups in total. The van der Waals surface area contributed by atoms with E-state index in [1.54, 1.807) is 18.4 Å². The molecule has 0 fully saturated rings. The fraction of sp³-hybridized carbons (Fsp3) is 0.259. The molecule has 2 aromatic carbocycles. The summed E-state index contributed by atoms with van der Waals surface area (Å²) >= 11 is 1.79. The van der Waals surface area contributed by atoms with Crippen LogP contribution in [0.2, 0.25) is 0 Å². The molecule has 0 spiro atoms. The molecular weight excluding hydrogens is 416 g/mol. The van der Waals surface area contributed by atoms with Gasteiger partial charge in [-0.2, -0.15) is 0 Å². The Labute approximate surface area is 192 Å². The summed E-state index contributed by atoms with van der Waals surface area (Å²) in [7, 11) is 1.61. The van der Waals surface area contributed by atoms with E-state index in [1.165, 1.54) is 28.8 Å². The number of aromatic nitrogens is 1. The van der Waals surface area contributed by atoms with Crippen LogP contribution in [0, 0.1) is 13.8 Å². The molecule has 5 heteroatoms. The Bertz CT molecular complexity index is 1340. The first-order valence-electron chi connectivity index (χ1n) is 11.0. The molecule has 1 aliphatic rings. The predicted molar refractivity (Wildman–Crippen MR) is 132 cm³/mol. The van der Waals surface area contributed by atoms with Crippen molar-refractivity contribution < 1.29 is 9.53 Å². The van der Waals surface area contributed by atoms with E-state index < -0.39 is 0 Å². The minimum atomic E-state index is -0.159. The monoisotopic (exact) mass is 442 g/mol. The van der Waals surface area contributed by atoms with Gasteiger partial charge in [0.25, 0.3) is 5.91 Å². The number of carbonyl (C=O) groups is 1. The van der Waals surface area contributed by atoms with Gasteiger partial charge in [-0.15, -0.1) is 11.3 Å². The summed E-state index contributed by atoms with van der Waals surface area (Å²) in [4.78, 5) is 21.1. The second-order valence-corrected chi connectivity index (χ2v) is 9.45. The number of nitrogens with zero attached hydrogens (tertiary/aromatic N) is 1. The summed E-state index contributed by atoms with van der Waals surface area (Å²) < 4.78 is 5.45. The number of hydrogen-bond acceptors (Lipinski definition) is 4. The summed E-state index contributed by atoms with van der Waals surface area (Å²) in [5.41, 5.74) is 6.67. The Hall–Kier alpha value is -3.18. The minimum absolute atomic E-state index is 0.159. The van der Waals surface area contributed by atoms with E-state index >= 15 is 0 Å². The molecule has 0 atom stereocenters. The number of thiophene rings is 1. The van der Waals surface area contributed by atoms with Gasteiger partial charge in [0.1, 0.15) is 10.6 Å². The van der Waals surface area contributed by atoms with Crippen LogP contribution in [0.25, 0.3) is 21.3 Å². The highest BCUT2D eigenvalue weighted by atomic mass is 32.1. The fourth-order valence-corrected chi connectivity index (χ4v) is 6.02. The number of para-hydroxylation sites is 2. The zero-order valence-corrected chi connectivity index (χ0v) is 19.4. The van der Waals surface area contributed by atoms with Gasteiger partial charge in [0.2, 0.25) is 0 Å². The first kappa shape index (κ1) is 20.7. The van der Waals surface area contributed by atoms with Crippen molar-refractivity contribution in [1.82, 2.24) is 4.98 Å². The number of pyridine rings is 1. The van der Waals surface area contributed by atoms with Crippen LogP contribution in [-0.2, 0) is 12.8 Å². The van der Waals surface area contributed by atoms with E-state index in [4.69, 9.17) is 9.72 Å². The molecule has 0 radical (unpaired) electrons. The van der Waals surface area contributed by atoms with Gasteiger partial charge in [-0.05, 0) is 62.8 Å². The molecule has 162 valence electrons. The maximum Gasteiger partial charge on any atom is 0.258 e. The van der Waals surface area contributed by atoms with E-state index in [1.807, 2.05) is 31.2 Å². The zero-order valence-electron chi connectivity index (χ0n) is 18.6. The van der Waals surface area contributed by atoms with Gasteiger partial charge in [0.15, 0.2) is 0 Å². The lowest BCUT2D eigenvalue weighted by Gasteiger charge is -2.18. The highest BCUT2D eigenvalue weighted by molar-refractivity contribution is 7.19. The lowest BCUT2D eigenvalue weighted by molar-refractivity contribution is 0.102. The normalized spacial score (nSPS) is 13.1. The maximum atomic E-state index is 13.7. The summed E-state index contributed by atoms with van der Waals surface area (Å²) in [6.07, 6.45) is 4.56. The van der Waals surface area contributed by atoms with Gasteiger partial charge in [-0.25, -0.2) is 4.98 Å². The van der Waals surface area contributed by atoms with Crippen molar-refractivity contribution in [2.75, 3.05) is 12.4 Å². The average Bonchev–Trinajstić information content (AvgIpc) is 3.16. The smallest absolute Gasteiger partial charge is 0.258 e. The van der Waals surface area contributed by atoms with Gasteiger partial charge >= 0.3 is 0 Å². The molecule has 0 saturated heterocycles. The lowest BCUT2D eigenvalue weighted by Crippen LogP contribution is -2.16. The molecule has 4 aromatic rings. The highest BCUT2D eigenvalue weighted by Gasteiger charge is 2.26. The molecule has 4 nitrogen and oxygen atoms in total. The van der Waals surface area contributed by atoms with Crippen LogP contribution in [0.3, 0.4) is 0 Å². The maximum absolute atomic E-state index is 13.7. The lowest BCUT2D eigenvalue weighted by atomic mass is 9.89. The van der Waals surface area contributed by atoms with Crippen LogP contribution in [0.15, 0.2) is 48.5 Å². The second kappa shape index (κ2) is 8.40. The second-order valence-electron chi connectivity index (χ2n) is 8.36. The van der Waals surface area contributed by atoms with Crippen molar-refractivity contribution in [1.29, 1.82) is 0 Å². The van der Waals surface area contributed by atoms with E-state index in [-0.39, 0.29) is 5.91 Å². The number of fused-ring (bicyclic) bond motifs is 3. The van der Waals surface area contributed by atoms with Crippen LogP contribution in [0.4, 0.5) is 5.69 Å². The van der Waals surface area contributed by atoms with Crippen LogP contribution >= 0.6 is 11.3 Å². The molecule has 0 unspecified atom stereocenters. The number of benzene rings is 2. The van der Waals surface area contributed by atoms with Crippen molar-refractivity contribution in [2.45, 2.75) is 39.5 Å². The van der Waals surface area contributed by atoms with Crippen molar-refractivity contribution in [3.63, 3.8) is 0 Å². The van der Waals surface area contributed by atoms with Crippen LogP contribution in [-0.4, -0.2) is 18.0 Å². The largest absolute Gasteiger partial charge is 0.495 e. The van der Waals surface area contributed by atoms with E-state index in [0.29, 0.717) is 17.0 Å². The van der Waals surface area contributed by atoms with Gasteiger partial charge in [0, 0.05) is 15.8 Å². The molecular formula is C27H26N2O2S. The topological polar surface area (TPSA) is 51.2 Å². The van der Waals surface area contributed by atoms with Gasteiger partial charge in [0.05, 0.1) is 24.1 Å². The quantitative estimate of drug-likeness (QED) is 0.382. The first-order chi connectivity index (χ1) is 15.6. The summed E-state index contributed by atoms with van der Waals surface area (Å²) in [6, 6.07) is 15.9. The molecule has 1 amide bonds. The van der Waals surface area contributed by atoms with Crippen molar-refractivity contribution in [3.05, 3.63) is 75.8 Å². The van der Waals surface area contributed by atoms with Crippen LogP contribution < -0.4 is 10.1 Å². The Kier molecular flexibility index (Phi) is 5.43. The number of hydrogen-bond donors (Lipinski definition) is 1. The average molecular weight is 443 g/mol. The fourth-order valence-electron chi connectivity index (χ4n) is 4.70. The predicted octanol–water partition coefficient (Wildman–Crippen LogP) is 6.72. The van der Waals surface area contributed by atoms with E-state index in [9.17, 15) is 4.79 Å². The third kappa shape index (κ3) is 3.56. The number of ether oxygens (including phenoxy) is 1. The number of methoxy groups -OCH3 is 1. The number of amides is 1. The van der Waals surface area contributed by atoms with Crippen LogP contribution in [0.5, 0.6) is 5.75 Å². The van der Waals surface area contributed by atoms with Gasteiger partial charge < -0.3 is 10.1 Å². The third-order valence-corrected chi connectivity index (χ3v) is 7.36. The number of anilines is 1. The standard InChI is InChI=1S/C27H26N2O2S/c1-16-9-8-10-18(15-16)24-23(26(30)29-20-12-5-6-13-21(20)31-3)17(2)28-27-25(24)19-11-4-7-14-22(19)32-27/h5-6,8-10,12-13,15H,4,7,11,14H2,1-3H3,(H,29,30). The Morgan fingerprint density at radius 2 is 1.88 bits per heavy atom. The number of carbonyl (C=O) groups excluding carboxylic acids is 1. The molecule has 0 aliphatic heterocycles. The summed E-state index contributed by atoms with van der Waals surface area (Å²) in [5.74, 6) is 0.478. The first-order valence-corrected chi connectivity index (χ1v) is 11.8. The Morgan fingerprint density at radius 1 is 1.06 bits per heavy atom. The molecule has 0 saturated carbocycles. The number of aryl methyl sites for hydroxylation is 4. The zero-order chi connectivity index (χ0) is 22.2. The number of nitrogens with one attached hydrogen (secondary N) is 1. The van der Waals surface area contributed by atoms with Gasteiger partial charge in [-0.1, -0.05) is 42.0 Å². The van der Waals surface area contributed by atoms with Crippen molar-refractivity contribution in [2.24, 2.45) is 0 Å². The third-order valence-electron chi connectivity index (χ3n) is 6.17. The Balaban J connectivity index is 1.75. The minimum Gasteiger partial charge on any atom is -0.495 e. The Morgan fingerprint density at radius 3 is 2.69 bits per heavy atom. The summed E-state index contributed by atoms with van der Waals surface area (Å²) in [5, 5.41) is 4.24. The number of rotatable bonds is 4. The molecule has 32 heavy (non-hydrogen) atoms. The van der Waals surface area contributed by atoms with Crippen molar-refractivity contribution in [3.8, 4) is 16.9 Å². The molecule has 2 heterocycles. The van der Waals surface area contributed by atoms with E-state index in [2.05, 4.69) is 36.5 Å². The summed E-state index contributed by atoms with van der Waals surface area (Å²) in [6.45, 7) is 4.03. The highest BCUT2D eigenvalue weighted by Crippen LogP contribution is 2.43. The van der Waals surface area contributed by atoms with Gasteiger partial charge in [-0.3, -0.25) is 4.79 Å². The molecule has 5 rings (SSSR count). The van der Waals surface area contributed by atoms with Crippen molar-refractivity contribution >= 4 is 33.1 Å². The molecule has 0 bridgehead atoms.